The lowest BCUT2D eigenvalue weighted by Crippen LogP contribution is -2.12. The second-order valence-electron chi connectivity index (χ2n) is 5.66. The molecule has 26 heavy (non-hydrogen) atoms. The lowest BCUT2D eigenvalue weighted by atomic mass is 10.1. The molecule has 0 unspecified atom stereocenters. The Morgan fingerprint density at radius 2 is 2.15 bits per heavy atom. The minimum atomic E-state index is -0.207. The third-order valence-corrected chi connectivity index (χ3v) is 4.56. The number of amides is 1. The zero-order chi connectivity index (χ0) is 18.1. The molecule has 8 heteroatoms. The van der Waals surface area contributed by atoms with E-state index in [1.807, 2.05) is 36.6 Å². The van der Waals surface area contributed by atoms with Crippen molar-refractivity contribution in [3.63, 3.8) is 0 Å². The number of carbonyl (C=O) groups excluding carboxylic acids is 1. The molecule has 3 aromatic rings. The lowest BCUT2D eigenvalue weighted by Gasteiger charge is -2.04. The molecule has 0 saturated heterocycles. The summed E-state index contributed by atoms with van der Waals surface area (Å²) in [6, 6.07) is 7.53. The number of benzene rings is 1. The van der Waals surface area contributed by atoms with E-state index in [0.29, 0.717) is 16.7 Å². The van der Waals surface area contributed by atoms with Crippen molar-refractivity contribution in [2.75, 3.05) is 12.1 Å². The molecule has 0 radical (unpaired) electrons. The van der Waals surface area contributed by atoms with E-state index in [9.17, 15) is 4.79 Å². The number of anilines is 1. The summed E-state index contributed by atoms with van der Waals surface area (Å²) in [7, 11) is 0. The first-order valence-corrected chi connectivity index (χ1v) is 8.88. The second kappa shape index (κ2) is 6.64. The van der Waals surface area contributed by atoms with Gasteiger partial charge in [-0.1, -0.05) is 6.08 Å². The maximum atomic E-state index is 11.9. The summed E-state index contributed by atoms with van der Waals surface area (Å²) in [6.45, 7) is 3.90. The van der Waals surface area contributed by atoms with Gasteiger partial charge < -0.3 is 14.8 Å². The number of thiazole rings is 1. The van der Waals surface area contributed by atoms with Gasteiger partial charge in [-0.15, -0.1) is 11.3 Å². The van der Waals surface area contributed by atoms with E-state index in [4.69, 9.17) is 9.47 Å². The van der Waals surface area contributed by atoms with Crippen LogP contribution in [0.5, 0.6) is 11.5 Å². The van der Waals surface area contributed by atoms with Crippen LogP contribution in [0.25, 0.3) is 16.4 Å². The molecule has 0 bridgehead atoms. The lowest BCUT2D eigenvalue weighted by molar-refractivity contribution is -0.111. The van der Waals surface area contributed by atoms with E-state index in [1.165, 1.54) is 17.4 Å². The number of ether oxygens (including phenoxy) is 2. The van der Waals surface area contributed by atoms with Crippen LogP contribution in [0.4, 0.5) is 5.82 Å². The molecule has 0 aliphatic carbocycles. The number of hydrogen-bond acceptors (Lipinski definition) is 6. The Labute approximate surface area is 153 Å². The van der Waals surface area contributed by atoms with Crippen LogP contribution < -0.4 is 14.8 Å². The van der Waals surface area contributed by atoms with Crippen LogP contribution in [-0.4, -0.2) is 27.5 Å². The highest BCUT2D eigenvalue weighted by Gasteiger charge is 2.17. The monoisotopic (exact) mass is 368 g/mol. The maximum absolute atomic E-state index is 11.9. The molecule has 7 nitrogen and oxygen atoms in total. The Balaban J connectivity index is 1.65. The summed E-state index contributed by atoms with van der Waals surface area (Å²) >= 11 is 1.45. The Bertz CT molecular complexity index is 1010. The van der Waals surface area contributed by atoms with Crippen LogP contribution >= 0.6 is 11.3 Å². The summed E-state index contributed by atoms with van der Waals surface area (Å²) in [5.41, 5.74) is 2.53. The number of fused-ring (bicyclic) bond motifs is 1. The highest BCUT2D eigenvalue weighted by atomic mass is 32.1. The van der Waals surface area contributed by atoms with Gasteiger partial charge in [0.1, 0.15) is 5.82 Å². The van der Waals surface area contributed by atoms with Crippen LogP contribution in [-0.2, 0) is 4.79 Å². The molecule has 1 aliphatic rings. The number of aryl methyl sites for hydroxylation is 1. The van der Waals surface area contributed by atoms with Gasteiger partial charge in [-0.3, -0.25) is 4.79 Å². The molecule has 1 N–H and O–H groups in total. The fourth-order valence-electron chi connectivity index (χ4n) is 2.60. The summed E-state index contributed by atoms with van der Waals surface area (Å²) in [6.07, 6.45) is 3.15. The number of carbonyl (C=O) groups is 1. The van der Waals surface area contributed by atoms with Crippen LogP contribution in [0.2, 0.25) is 0 Å². The van der Waals surface area contributed by atoms with E-state index >= 15 is 0 Å². The average Bonchev–Trinajstić information content (AvgIpc) is 3.33. The van der Waals surface area contributed by atoms with E-state index in [2.05, 4.69) is 15.4 Å². The average molecular weight is 368 g/mol. The van der Waals surface area contributed by atoms with Crippen molar-refractivity contribution >= 4 is 23.1 Å². The summed E-state index contributed by atoms with van der Waals surface area (Å²) in [4.78, 5) is 16.5. The number of rotatable bonds is 4. The molecule has 1 aromatic carbocycles. The molecule has 1 amide bonds. The smallest absolute Gasteiger partial charge is 0.249 e. The number of allylic oxidation sites excluding steroid dienone is 1. The highest BCUT2D eigenvalue weighted by molar-refractivity contribution is 7.12. The minimum Gasteiger partial charge on any atom is -0.454 e. The van der Waals surface area contributed by atoms with Gasteiger partial charge >= 0.3 is 0 Å². The van der Waals surface area contributed by atoms with Gasteiger partial charge in [0.15, 0.2) is 11.5 Å². The first-order chi connectivity index (χ1) is 12.6. The molecule has 2 aromatic heterocycles. The first kappa shape index (κ1) is 16.3. The molecule has 1 aliphatic heterocycles. The van der Waals surface area contributed by atoms with E-state index in [-0.39, 0.29) is 12.7 Å². The van der Waals surface area contributed by atoms with Gasteiger partial charge in [-0.25, -0.2) is 4.98 Å². The van der Waals surface area contributed by atoms with Crippen molar-refractivity contribution in [3.8, 4) is 27.9 Å². The quantitative estimate of drug-likeness (QED) is 0.713. The molecule has 0 saturated carbocycles. The van der Waals surface area contributed by atoms with Gasteiger partial charge in [0.05, 0.1) is 11.4 Å². The third-order valence-electron chi connectivity index (χ3n) is 3.74. The number of aromatic nitrogens is 3. The molecule has 0 spiro atoms. The third kappa shape index (κ3) is 3.06. The summed E-state index contributed by atoms with van der Waals surface area (Å²) in [5.74, 6) is 1.82. The largest absolute Gasteiger partial charge is 0.454 e. The number of hydrogen-bond donors (Lipinski definition) is 1. The van der Waals surface area contributed by atoms with Gasteiger partial charge in [0.25, 0.3) is 0 Å². The second-order valence-corrected chi connectivity index (χ2v) is 6.49. The van der Waals surface area contributed by atoms with E-state index in [1.54, 1.807) is 17.7 Å². The van der Waals surface area contributed by atoms with Crippen molar-refractivity contribution in [1.82, 2.24) is 14.8 Å². The van der Waals surface area contributed by atoms with Crippen molar-refractivity contribution in [2.24, 2.45) is 0 Å². The zero-order valence-electron chi connectivity index (χ0n) is 14.2. The normalized spacial score (nSPS) is 12.7. The Morgan fingerprint density at radius 3 is 3.00 bits per heavy atom. The summed E-state index contributed by atoms with van der Waals surface area (Å²) < 4.78 is 12.4. The first-order valence-electron chi connectivity index (χ1n) is 8.00. The van der Waals surface area contributed by atoms with E-state index < -0.39 is 0 Å². The Morgan fingerprint density at radius 1 is 1.31 bits per heavy atom. The predicted octanol–water partition coefficient (Wildman–Crippen LogP) is 3.55. The molecule has 4 rings (SSSR count). The SMILES string of the molecule is C/C=C\C(=O)Nc1cc(C)nn1-c1nc(-c2ccc3c(c2)OCO3)cs1. The van der Waals surface area contributed by atoms with Crippen molar-refractivity contribution in [3.05, 3.63) is 47.5 Å². The van der Waals surface area contributed by atoms with Crippen LogP contribution in [0, 0.1) is 6.92 Å². The standard InChI is InChI=1S/C18H16N4O3S/c1-3-4-17(23)20-16-7-11(2)21-22(16)18-19-13(9-26-18)12-5-6-14-15(8-12)25-10-24-14/h3-9H,10H2,1-2H3,(H,20,23)/b4-3-. The Kier molecular flexibility index (Phi) is 4.18. The van der Waals surface area contributed by atoms with Gasteiger partial charge in [0, 0.05) is 17.0 Å². The fraction of sp³-hybridized carbons (Fsp3) is 0.167. The molecule has 0 atom stereocenters. The zero-order valence-corrected chi connectivity index (χ0v) is 15.0. The van der Waals surface area contributed by atoms with Crippen molar-refractivity contribution in [2.45, 2.75) is 13.8 Å². The minimum absolute atomic E-state index is 0.207. The number of nitrogens with one attached hydrogen (secondary N) is 1. The van der Waals surface area contributed by atoms with Crippen molar-refractivity contribution < 1.29 is 14.3 Å². The molecule has 0 fully saturated rings. The molecular formula is C18H16N4O3S. The van der Waals surface area contributed by atoms with Gasteiger partial charge in [-0.2, -0.15) is 9.78 Å². The van der Waals surface area contributed by atoms with E-state index in [0.717, 1.165) is 22.7 Å². The predicted molar refractivity (Wildman–Crippen MR) is 99.0 cm³/mol. The van der Waals surface area contributed by atoms with Crippen LogP contribution in [0.15, 0.2) is 41.8 Å². The fourth-order valence-corrected chi connectivity index (χ4v) is 3.40. The van der Waals surface area contributed by atoms with Crippen molar-refractivity contribution in [1.29, 1.82) is 0 Å². The van der Waals surface area contributed by atoms with Gasteiger partial charge in [0.2, 0.25) is 17.8 Å². The van der Waals surface area contributed by atoms with Gasteiger partial charge in [-0.05, 0) is 38.1 Å². The summed E-state index contributed by atoms with van der Waals surface area (Å²) in [5, 5.41) is 9.87. The number of nitrogens with zero attached hydrogens (tertiary/aromatic N) is 3. The molecular weight excluding hydrogens is 352 g/mol. The van der Waals surface area contributed by atoms with Crippen LogP contribution in [0.1, 0.15) is 12.6 Å². The highest BCUT2D eigenvalue weighted by Crippen LogP contribution is 2.36. The molecule has 3 heterocycles. The maximum Gasteiger partial charge on any atom is 0.249 e. The Hall–Kier alpha value is -3.13. The molecule has 132 valence electrons. The van der Waals surface area contributed by atoms with Crippen LogP contribution in [0.3, 0.4) is 0 Å². The topological polar surface area (TPSA) is 78.3 Å².